The number of fused-ring (bicyclic) bond motifs is 1. The first kappa shape index (κ1) is 18.4. The molecule has 1 saturated heterocycles. The molecule has 140 valence electrons. The van der Waals surface area contributed by atoms with E-state index in [1.807, 2.05) is 61.5 Å². The zero-order valence-electron chi connectivity index (χ0n) is 15.7. The molecule has 0 spiro atoms. The molecule has 1 amide bonds. The van der Waals surface area contributed by atoms with Crippen LogP contribution < -0.4 is 0 Å². The molecule has 0 saturated carbocycles. The molecule has 5 heteroatoms. The van der Waals surface area contributed by atoms with Crippen molar-refractivity contribution in [3.63, 3.8) is 0 Å². The second kappa shape index (κ2) is 8.40. The Morgan fingerprint density at radius 1 is 1.00 bits per heavy atom. The molecule has 0 radical (unpaired) electrons. The minimum atomic E-state index is -0.0878. The molecule has 1 aliphatic heterocycles. The summed E-state index contributed by atoms with van der Waals surface area (Å²) < 4.78 is 0. The molecule has 4 nitrogen and oxygen atoms in total. The molecule has 1 aliphatic rings. The fraction of sp³-hybridized carbons (Fsp3) is 0.174. The van der Waals surface area contributed by atoms with Gasteiger partial charge in [0.2, 0.25) is 5.91 Å². The minimum absolute atomic E-state index is 0.0878. The molecule has 0 unspecified atom stereocenters. The number of carbonyl (C=O) groups excluding carboxylic acids is 1. The van der Waals surface area contributed by atoms with Gasteiger partial charge in [-0.2, -0.15) is 5.10 Å². The highest BCUT2D eigenvalue weighted by atomic mass is 32.2. The lowest BCUT2D eigenvalue weighted by Crippen LogP contribution is -2.31. The molecule has 3 aromatic rings. The van der Waals surface area contributed by atoms with Crippen LogP contribution >= 0.6 is 11.8 Å². The van der Waals surface area contributed by atoms with E-state index in [-0.39, 0.29) is 11.2 Å². The number of benzene rings is 3. The predicted octanol–water partition coefficient (Wildman–Crippen LogP) is 5.08. The van der Waals surface area contributed by atoms with E-state index < -0.39 is 0 Å². The van der Waals surface area contributed by atoms with E-state index in [1.165, 1.54) is 17.1 Å². The standard InChI is InChI=1S/C23H21N3OS/c1-2-21-22(27)26(16-17-9-4-3-5-10-17)23(28-21)25-24-15-19-13-8-12-18-11-6-7-14-20(18)19/h3-15,21H,2,16H2,1H3/b24-15-,25-23+/t21-/m1/s1. The van der Waals surface area contributed by atoms with E-state index in [2.05, 4.69) is 28.4 Å². The monoisotopic (exact) mass is 387 g/mol. The first-order chi connectivity index (χ1) is 13.8. The van der Waals surface area contributed by atoms with Crippen molar-refractivity contribution in [2.24, 2.45) is 10.2 Å². The van der Waals surface area contributed by atoms with Gasteiger partial charge in [-0.05, 0) is 22.8 Å². The van der Waals surface area contributed by atoms with Crippen LogP contribution in [0.3, 0.4) is 0 Å². The average molecular weight is 388 g/mol. The normalized spacial score (nSPS) is 18.6. The largest absolute Gasteiger partial charge is 0.284 e. The van der Waals surface area contributed by atoms with Crippen LogP contribution in [0.25, 0.3) is 10.8 Å². The summed E-state index contributed by atoms with van der Waals surface area (Å²) in [6, 6.07) is 24.3. The fourth-order valence-electron chi connectivity index (χ4n) is 3.26. The topological polar surface area (TPSA) is 45.0 Å². The molecule has 0 N–H and O–H groups in total. The highest BCUT2D eigenvalue weighted by Gasteiger charge is 2.36. The lowest BCUT2D eigenvalue weighted by molar-refractivity contribution is -0.126. The number of hydrogen-bond acceptors (Lipinski definition) is 4. The van der Waals surface area contributed by atoms with Crippen molar-refractivity contribution in [3.8, 4) is 0 Å². The fourth-order valence-corrected chi connectivity index (χ4v) is 4.29. The summed E-state index contributed by atoms with van der Waals surface area (Å²) in [7, 11) is 0. The maximum atomic E-state index is 12.7. The Morgan fingerprint density at radius 2 is 1.75 bits per heavy atom. The van der Waals surface area contributed by atoms with Crippen molar-refractivity contribution in [2.75, 3.05) is 0 Å². The molecule has 3 aromatic carbocycles. The molecule has 28 heavy (non-hydrogen) atoms. The van der Waals surface area contributed by atoms with Crippen LogP contribution in [0.2, 0.25) is 0 Å². The van der Waals surface area contributed by atoms with Gasteiger partial charge in [0.05, 0.1) is 18.0 Å². The second-order valence-electron chi connectivity index (χ2n) is 6.62. The van der Waals surface area contributed by atoms with Crippen LogP contribution in [0.15, 0.2) is 83.0 Å². The third-order valence-electron chi connectivity index (χ3n) is 4.74. The van der Waals surface area contributed by atoms with Crippen molar-refractivity contribution in [3.05, 3.63) is 83.9 Å². The van der Waals surface area contributed by atoms with Crippen LogP contribution in [0.5, 0.6) is 0 Å². The quantitative estimate of drug-likeness (QED) is 0.452. The van der Waals surface area contributed by atoms with Crippen molar-refractivity contribution in [1.29, 1.82) is 0 Å². The number of thioether (sulfide) groups is 1. The van der Waals surface area contributed by atoms with E-state index in [0.717, 1.165) is 22.9 Å². The van der Waals surface area contributed by atoms with Gasteiger partial charge >= 0.3 is 0 Å². The summed E-state index contributed by atoms with van der Waals surface area (Å²) in [6.07, 6.45) is 2.54. The van der Waals surface area contributed by atoms with E-state index in [4.69, 9.17) is 0 Å². The van der Waals surface area contributed by atoms with Gasteiger partial charge in [0, 0.05) is 5.56 Å². The Balaban J connectivity index is 1.60. The van der Waals surface area contributed by atoms with Crippen molar-refractivity contribution >= 4 is 39.8 Å². The van der Waals surface area contributed by atoms with E-state index in [0.29, 0.717) is 11.7 Å². The van der Waals surface area contributed by atoms with E-state index >= 15 is 0 Å². The predicted molar refractivity (Wildman–Crippen MR) is 118 cm³/mol. The number of hydrogen-bond donors (Lipinski definition) is 0. The SMILES string of the molecule is CC[C@H]1S/C(=N/N=C\c2cccc3ccccc23)N(Cc2ccccc2)C1=O. The second-order valence-corrected chi connectivity index (χ2v) is 7.79. The molecule has 1 heterocycles. The molecular weight excluding hydrogens is 366 g/mol. The van der Waals surface area contributed by atoms with E-state index in [9.17, 15) is 4.79 Å². The van der Waals surface area contributed by atoms with Crippen LogP contribution in [-0.4, -0.2) is 27.4 Å². The van der Waals surface area contributed by atoms with Gasteiger partial charge < -0.3 is 0 Å². The summed E-state index contributed by atoms with van der Waals surface area (Å²) >= 11 is 1.50. The molecule has 1 fully saturated rings. The van der Waals surface area contributed by atoms with Gasteiger partial charge in [0.1, 0.15) is 0 Å². The minimum Gasteiger partial charge on any atom is -0.284 e. The highest BCUT2D eigenvalue weighted by Crippen LogP contribution is 2.30. The van der Waals surface area contributed by atoms with Gasteiger partial charge in [0.15, 0.2) is 5.17 Å². The lowest BCUT2D eigenvalue weighted by Gasteiger charge is -2.15. The first-order valence-corrected chi connectivity index (χ1v) is 10.2. The Kier molecular flexibility index (Phi) is 5.53. The third-order valence-corrected chi connectivity index (χ3v) is 6.07. The Hall–Kier alpha value is -2.92. The summed E-state index contributed by atoms with van der Waals surface area (Å²) in [5.41, 5.74) is 2.09. The highest BCUT2D eigenvalue weighted by molar-refractivity contribution is 8.15. The van der Waals surface area contributed by atoms with Gasteiger partial charge in [-0.25, -0.2) is 0 Å². The Labute approximate surface area is 169 Å². The summed E-state index contributed by atoms with van der Waals surface area (Å²) in [5.74, 6) is 0.107. The summed E-state index contributed by atoms with van der Waals surface area (Å²) in [6.45, 7) is 2.55. The molecule has 0 bridgehead atoms. The summed E-state index contributed by atoms with van der Waals surface area (Å²) in [4.78, 5) is 14.5. The number of rotatable bonds is 5. The number of nitrogens with zero attached hydrogens (tertiary/aromatic N) is 3. The van der Waals surface area contributed by atoms with E-state index in [1.54, 1.807) is 11.1 Å². The summed E-state index contributed by atoms with van der Waals surface area (Å²) in [5, 5.41) is 11.6. The smallest absolute Gasteiger partial charge is 0.242 e. The zero-order chi connectivity index (χ0) is 19.3. The molecule has 0 aliphatic carbocycles. The van der Waals surface area contributed by atoms with Gasteiger partial charge in [0.25, 0.3) is 0 Å². The number of carbonyl (C=O) groups is 1. The number of amides is 1. The van der Waals surface area contributed by atoms with Crippen molar-refractivity contribution < 1.29 is 4.79 Å². The molecule has 1 atom stereocenters. The van der Waals surface area contributed by atoms with Gasteiger partial charge in [-0.3, -0.25) is 9.69 Å². The third kappa shape index (κ3) is 3.85. The Morgan fingerprint density at radius 3 is 2.57 bits per heavy atom. The maximum Gasteiger partial charge on any atom is 0.242 e. The number of amidine groups is 1. The van der Waals surface area contributed by atoms with Crippen LogP contribution in [-0.2, 0) is 11.3 Å². The van der Waals surface area contributed by atoms with Crippen molar-refractivity contribution in [1.82, 2.24) is 4.90 Å². The average Bonchev–Trinajstić information content (AvgIpc) is 3.04. The first-order valence-electron chi connectivity index (χ1n) is 9.37. The Bertz CT molecular complexity index is 1040. The molecular formula is C23H21N3OS. The van der Waals surface area contributed by atoms with Gasteiger partial charge in [-0.1, -0.05) is 91.5 Å². The van der Waals surface area contributed by atoms with Gasteiger partial charge in [-0.15, -0.1) is 5.10 Å². The maximum absolute atomic E-state index is 12.7. The molecule has 0 aromatic heterocycles. The van der Waals surface area contributed by atoms with Crippen molar-refractivity contribution in [2.45, 2.75) is 25.1 Å². The lowest BCUT2D eigenvalue weighted by atomic mass is 10.1. The molecule has 4 rings (SSSR count). The van der Waals surface area contributed by atoms with Crippen LogP contribution in [0.1, 0.15) is 24.5 Å². The van der Waals surface area contributed by atoms with Crippen LogP contribution in [0.4, 0.5) is 0 Å². The van der Waals surface area contributed by atoms with Crippen LogP contribution in [0, 0.1) is 0 Å². The zero-order valence-corrected chi connectivity index (χ0v) is 16.5.